The van der Waals surface area contributed by atoms with Gasteiger partial charge in [0.05, 0.1) is 0 Å². The van der Waals surface area contributed by atoms with Crippen molar-refractivity contribution in [3.63, 3.8) is 0 Å². The van der Waals surface area contributed by atoms with E-state index < -0.39 is 11.4 Å². The van der Waals surface area contributed by atoms with Crippen LogP contribution in [-0.2, 0) is 9.53 Å². The van der Waals surface area contributed by atoms with Crippen LogP contribution in [0.3, 0.4) is 0 Å². The van der Waals surface area contributed by atoms with Gasteiger partial charge in [-0.3, -0.25) is 4.79 Å². The molecule has 0 bridgehead atoms. The number of hydrogen-bond donors (Lipinski definition) is 1. The molecule has 1 aliphatic heterocycles. The predicted molar refractivity (Wildman–Crippen MR) is 49.6 cm³/mol. The van der Waals surface area contributed by atoms with E-state index in [0.29, 0.717) is 0 Å². The van der Waals surface area contributed by atoms with Crippen LogP contribution in [0.15, 0.2) is 22.1 Å². The van der Waals surface area contributed by atoms with Gasteiger partial charge in [0.25, 0.3) is 0 Å². The number of Topliss-reactive ketones (excluding diaryl/α,β-unsaturated/α-hetero) is 1. The molecule has 0 aromatic heterocycles. The second kappa shape index (κ2) is 3.24. The molecule has 0 aromatic carbocycles. The lowest BCUT2D eigenvalue weighted by atomic mass is 10.0. The number of aliphatic hydroxyl groups excluding tert-OH is 1. The van der Waals surface area contributed by atoms with Crippen LogP contribution in [0.4, 0.5) is 0 Å². The average molecular weight is 223 g/mol. The van der Waals surface area contributed by atoms with Gasteiger partial charge in [-0.2, -0.15) is 0 Å². The van der Waals surface area contributed by atoms with E-state index in [1.165, 1.54) is 19.9 Å². The Morgan fingerprint density at radius 1 is 1.62 bits per heavy atom. The summed E-state index contributed by atoms with van der Waals surface area (Å²) in [4.78, 5) is 11.4. The number of rotatable bonds is 1. The van der Waals surface area contributed by atoms with E-state index >= 15 is 0 Å². The van der Waals surface area contributed by atoms with E-state index in [1.54, 1.807) is 0 Å². The molecular weight excluding hydrogens is 215 g/mol. The lowest BCUT2D eigenvalue weighted by Gasteiger charge is -2.17. The normalized spacial score (nSPS) is 27.5. The minimum atomic E-state index is -1.27. The largest absolute Gasteiger partial charge is 0.502 e. The van der Waals surface area contributed by atoms with Crippen molar-refractivity contribution in [3.05, 3.63) is 22.1 Å². The molecule has 0 radical (unpaired) electrons. The minimum Gasteiger partial charge on any atom is -0.502 e. The number of allylic oxidation sites excluding steroid dienone is 1. The molecule has 1 atom stereocenters. The van der Waals surface area contributed by atoms with Crippen molar-refractivity contribution < 1.29 is 14.6 Å². The van der Waals surface area contributed by atoms with Crippen LogP contribution in [0.2, 0.25) is 0 Å². The summed E-state index contributed by atoms with van der Waals surface area (Å²) >= 11 is 10.8. The standard InChI is InChI=1S/C8H8Cl2O3/c1-4-6(11)7(12)8(2,13-4)3-5(9)10/h3,11H,1-2H3/t8-/m1/s1. The Balaban J connectivity index is 3.02. The maximum Gasteiger partial charge on any atom is 0.247 e. The van der Waals surface area contributed by atoms with Gasteiger partial charge in [0.15, 0.2) is 5.60 Å². The molecule has 0 unspecified atom stereocenters. The summed E-state index contributed by atoms with van der Waals surface area (Å²) < 4.78 is 5.05. The Hall–Kier alpha value is -0.670. The highest BCUT2D eigenvalue weighted by Gasteiger charge is 2.43. The smallest absolute Gasteiger partial charge is 0.247 e. The van der Waals surface area contributed by atoms with E-state index in [4.69, 9.17) is 27.9 Å². The van der Waals surface area contributed by atoms with Crippen LogP contribution in [0, 0.1) is 0 Å². The van der Waals surface area contributed by atoms with Gasteiger partial charge in [0, 0.05) is 0 Å². The fourth-order valence-electron chi connectivity index (χ4n) is 1.11. The third kappa shape index (κ3) is 1.81. The molecule has 72 valence electrons. The van der Waals surface area contributed by atoms with E-state index in [-0.39, 0.29) is 16.0 Å². The maximum atomic E-state index is 11.4. The predicted octanol–water partition coefficient (Wildman–Crippen LogP) is 2.45. The van der Waals surface area contributed by atoms with Crippen LogP contribution in [0.25, 0.3) is 0 Å². The summed E-state index contributed by atoms with van der Waals surface area (Å²) in [6.45, 7) is 2.97. The number of carbonyl (C=O) groups excluding carboxylic acids is 1. The van der Waals surface area contributed by atoms with E-state index in [0.717, 1.165) is 0 Å². The number of hydrogen-bond acceptors (Lipinski definition) is 3. The van der Waals surface area contributed by atoms with Crippen molar-refractivity contribution in [2.75, 3.05) is 0 Å². The molecule has 0 amide bonds. The summed E-state index contributed by atoms with van der Waals surface area (Å²) in [6.07, 6.45) is 1.24. The van der Waals surface area contributed by atoms with Gasteiger partial charge in [-0.15, -0.1) is 0 Å². The highest BCUT2D eigenvalue weighted by atomic mass is 35.5. The SMILES string of the molecule is CC1=C(O)C(=O)[C@@](C)(C=C(Cl)Cl)O1. The summed E-state index contributed by atoms with van der Waals surface area (Å²) in [5.74, 6) is -0.740. The first-order valence-corrected chi connectivity index (χ1v) is 4.30. The van der Waals surface area contributed by atoms with Crippen molar-refractivity contribution in [1.29, 1.82) is 0 Å². The second-order valence-corrected chi connectivity index (χ2v) is 3.88. The molecule has 1 rings (SSSR count). The van der Waals surface area contributed by atoms with E-state index in [2.05, 4.69) is 0 Å². The minimum absolute atomic E-state index is 0.0710. The summed E-state index contributed by atoms with van der Waals surface area (Å²) in [7, 11) is 0. The van der Waals surface area contributed by atoms with Crippen LogP contribution >= 0.6 is 23.2 Å². The molecule has 3 nitrogen and oxygen atoms in total. The van der Waals surface area contributed by atoms with Gasteiger partial charge < -0.3 is 9.84 Å². The quantitative estimate of drug-likeness (QED) is 0.742. The molecule has 0 spiro atoms. The number of carbonyl (C=O) groups is 1. The van der Waals surface area contributed by atoms with Crippen molar-refractivity contribution in [2.45, 2.75) is 19.4 Å². The van der Waals surface area contributed by atoms with Crippen LogP contribution in [0.5, 0.6) is 0 Å². The van der Waals surface area contributed by atoms with Gasteiger partial charge in [-0.05, 0) is 19.9 Å². The monoisotopic (exact) mass is 222 g/mol. The molecule has 1 aliphatic rings. The Kier molecular flexibility index (Phi) is 2.59. The maximum absolute atomic E-state index is 11.4. The summed E-state index contributed by atoms with van der Waals surface area (Å²) in [6, 6.07) is 0. The fourth-order valence-corrected chi connectivity index (χ4v) is 1.53. The molecule has 0 saturated heterocycles. The number of ether oxygens (including phenoxy) is 1. The van der Waals surface area contributed by atoms with Gasteiger partial charge in [0.2, 0.25) is 11.5 Å². The van der Waals surface area contributed by atoms with Gasteiger partial charge >= 0.3 is 0 Å². The van der Waals surface area contributed by atoms with E-state index in [1.807, 2.05) is 0 Å². The first kappa shape index (κ1) is 10.4. The number of ketones is 1. The highest BCUT2D eigenvalue weighted by molar-refractivity contribution is 6.56. The topological polar surface area (TPSA) is 46.5 Å². The molecule has 13 heavy (non-hydrogen) atoms. The van der Waals surface area contributed by atoms with Crippen molar-refractivity contribution in [2.24, 2.45) is 0 Å². The molecule has 5 heteroatoms. The van der Waals surface area contributed by atoms with Crippen molar-refractivity contribution in [1.82, 2.24) is 0 Å². The van der Waals surface area contributed by atoms with Gasteiger partial charge in [-0.25, -0.2) is 0 Å². The number of halogens is 2. The van der Waals surface area contributed by atoms with Crippen molar-refractivity contribution >= 4 is 29.0 Å². The molecule has 1 heterocycles. The Morgan fingerprint density at radius 2 is 2.15 bits per heavy atom. The Labute approximate surface area is 85.6 Å². The fraction of sp³-hybridized carbons (Fsp3) is 0.375. The number of aliphatic hydroxyl groups is 1. The zero-order valence-electron chi connectivity index (χ0n) is 7.10. The zero-order valence-corrected chi connectivity index (χ0v) is 8.61. The first-order chi connectivity index (χ1) is 5.87. The van der Waals surface area contributed by atoms with Gasteiger partial charge in [0.1, 0.15) is 10.3 Å². The van der Waals surface area contributed by atoms with Crippen LogP contribution in [0.1, 0.15) is 13.8 Å². The third-order valence-corrected chi connectivity index (χ3v) is 1.97. The highest BCUT2D eigenvalue weighted by Crippen LogP contribution is 2.32. The first-order valence-electron chi connectivity index (χ1n) is 3.54. The lowest BCUT2D eigenvalue weighted by Crippen LogP contribution is -2.31. The average Bonchev–Trinajstić information content (AvgIpc) is 2.14. The second-order valence-electron chi connectivity index (χ2n) is 2.88. The molecular formula is C8H8Cl2O3. The van der Waals surface area contributed by atoms with Crippen LogP contribution in [-0.4, -0.2) is 16.5 Å². The third-order valence-electron chi connectivity index (χ3n) is 1.75. The molecule has 0 aromatic rings. The molecule has 1 N–H and O–H groups in total. The Morgan fingerprint density at radius 3 is 2.46 bits per heavy atom. The van der Waals surface area contributed by atoms with E-state index in [9.17, 15) is 9.90 Å². The molecule has 0 saturated carbocycles. The lowest BCUT2D eigenvalue weighted by molar-refractivity contribution is -0.127. The van der Waals surface area contributed by atoms with Crippen molar-refractivity contribution in [3.8, 4) is 0 Å². The zero-order chi connectivity index (χ0) is 10.2. The Bertz CT molecular complexity index is 315. The molecule has 0 fully saturated rings. The molecule has 0 aliphatic carbocycles. The van der Waals surface area contributed by atoms with Gasteiger partial charge in [-0.1, -0.05) is 23.2 Å². The summed E-state index contributed by atoms with van der Waals surface area (Å²) in [5.41, 5.74) is -1.27. The van der Waals surface area contributed by atoms with Crippen LogP contribution < -0.4 is 0 Å². The summed E-state index contributed by atoms with van der Waals surface area (Å²) in [5, 5.41) is 9.20.